The lowest BCUT2D eigenvalue weighted by atomic mass is 10.1. The normalized spacial score (nSPS) is 10.9. The fourth-order valence-electron chi connectivity index (χ4n) is 1.94. The monoisotopic (exact) mass is 334 g/mol. The SMILES string of the molecule is O=C(O)c1ccc2nc(-c3cc(Br)ccc3F)cn2c1. The summed E-state index contributed by atoms with van der Waals surface area (Å²) in [7, 11) is 0. The van der Waals surface area contributed by atoms with E-state index in [4.69, 9.17) is 5.11 Å². The minimum atomic E-state index is -1.02. The number of fused-ring (bicyclic) bond motifs is 1. The Kier molecular flexibility index (Phi) is 3.02. The highest BCUT2D eigenvalue weighted by Gasteiger charge is 2.11. The van der Waals surface area contributed by atoms with Gasteiger partial charge in [-0.3, -0.25) is 0 Å². The van der Waals surface area contributed by atoms with Gasteiger partial charge in [-0.25, -0.2) is 14.2 Å². The van der Waals surface area contributed by atoms with Crippen molar-refractivity contribution in [1.29, 1.82) is 0 Å². The zero-order valence-electron chi connectivity index (χ0n) is 10.0. The van der Waals surface area contributed by atoms with Crippen molar-refractivity contribution in [3.05, 3.63) is 58.6 Å². The predicted molar refractivity (Wildman–Crippen MR) is 75.2 cm³/mol. The van der Waals surface area contributed by atoms with Crippen LogP contribution in [0.1, 0.15) is 10.4 Å². The number of nitrogens with zero attached hydrogens (tertiary/aromatic N) is 2. The first kappa shape index (κ1) is 12.8. The molecule has 20 heavy (non-hydrogen) atoms. The van der Waals surface area contributed by atoms with E-state index >= 15 is 0 Å². The number of aromatic carboxylic acids is 1. The van der Waals surface area contributed by atoms with Crippen LogP contribution in [0.3, 0.4) is 0 Å². The lowest BCUT2D eigenvalue weighted by molar-refractivity contribution is 0.0696. The molecule has 0 radical (unpaired) electrons. The van der Waals surface area contributed by atoms with Crippen molar-refractivity contribution in [2.24, 2.45) is 0 Å². The lowest BCUT2D eigenvalue weighted by Gasteiger charge is -1.99. The molecule has 3 rings (SSSR count). The van der Waals surface area contributed by atoms with Crippen LogP contribution in [0.4, 0.5) is 4.39 Å². The van der Waals surface area contributed by atoms with Crippen molar-refractivity contribution in [3.8, 4) is 11.3 Å². The van der Waals surface area contributed by atoms with Gasteiger partial charge in [0.2, 0.25) is 0 Å². The highest BCUT2D eigenvalue weighted by Crippen LogP contribution is 2.26. The Morgan fingerprint density at radius 1 is 1.25 bits per heavy atom. The molecule has 0 fully saturated rings. The first-order valence-corrected chi connectivity index (χ1v) is 6.51. The van der Waals surface area contributed by atoms with Crippen LogP contribution in [-0.4, -0.2) is 20.5 Å². The molecule has 4 nitrogen and oxygen atoms in total. The second-order valence-electron chi connectivity index (χ2n) is 4.24. The number of hydrogen-bond donors (Lipinski definition) is 1. The summed E-state index contributed by atoms with van der Waals surface area (Å²) in [5.41, 5.74) is 1.52. The summed E-state index contributed by atoms with van der Waals surface area (Å²) >= 11 is 3.29. The van der Waals surface area contributed by atoms with Gasteiger partial charge >= 0.3 is 5.97 Å². The number of carboxylic acids is 1. The van der Waals surface area contributed by atoms with Gasteiger partial charge in [0, 0.05) is 22.4 Å². The van der Waals surface area contributed by atoms with Crippen molar-refractivity contribution < 1.29 is 14.3 Å². The minimum Gasteiger partial charge on any atom is -0.478 e. The zero-order valence-corrected chi connectivity index (χ0v) is 11.6. The van der Waals surface area contributed by atoms with Crippen LogP contribution < -0.4 is 0 Å². The number of carbonyl (C=O) groups is 1. The topological polar surface area (TPSA) is 54.6 Å². The maximum absolute atomic E-state index is 13.8. The number of halogens is 2. The molecule has 0 amide bonds. The Hall–Kier alpha value is -2.21. The molecule has 0 saturated heterocycles. The largest absolute Gasteiger partial charge is 0.478 e. The average Bonchev–Trinajstić information content (AvgIpc) is 2.83. The average molecular weight is 335 g/mol. The molecule has 6 heteroatoms. The molecule has 0 aliphatic rings. The molecule has 100 valence electrons. The number of carboxylic acid groups (broad SMARTS) is 1. The van der Waals surface area contributed by atoms with Crippen LogP contribution in [0, 0.1) is 5.82 Å². The summed E-state index contributed by atoms with van der Waals surface area (Å²) in [6, 6.07) is 7.65. The number of aromatic nitrogens is 2. The summed E-state index contributed by atoms with van der Waals surface area (Å²) in [6.07, 6.45) is 3.05. The van der Waals surface area contributed by atoms with E-state index in [9.17, 15) is 9.18 Å². The molecule has 0 aliphatic heterocycles. The maximum Gasteiger partial charge on any atom is 0.337 e. The summed E-state index contributed by atoms with van der Waals surface area (Å²) < 4.78 is 16.1. The van der Waals surface area contributed by atoms with E-state index in [0.717, 1.165) is 4.47 Å². The third-order valence-electron chi connectivity index (χ3n) is 2.90. The fraction of sp³-hybridized carbons (Fsp3) is 0. The van der Waals surface area contributed by atoms with Gasteiger partial charge in [-0.2, -0.15) is 0 Å². The van der Waals surface area contributed by atoms with Crippen molar-refractivity contribution in [1.82, 2.24) is 9.38 Å². The van der Waals surface area contributed by atoms with E-state index < -0.39 is 5.97 Å². The lowest BCUT2D eigenvalue weighted by Crippen LogP contribution is -1.97. The summed E-state index contributed by atoms with van der Waals surface area (Å²) in [6.45, 7) is 0. The highest BCUT2D eigenvalue weighted by atomic mass is 79.9. The second-order valence-corrected chi connectivity index (χ2v) is 5.15. The van der Waals surface area contributed by atoms with E-state index in [1.165, 1.54) is 18.3 Å². The fourth-order valence-corrected chi connectivity index (χ4v) is 2.30. The van der Waals surface area contributed by atoms with E-state index in [1.807, 2.05) is 0 Å². The second kappa shape index (κ2) is 4.72. The molecule has 0 aliphatic carbocycles. The molecule has 0 atom stereocenters. The minimum absolute atomic E-state index is 0.149. The van der Waals surface area contributed by atoms with Gasteiger partial charge in [-0.15, -0.1) is 0 Å². The highest BCUT2D eigenvalue weighted by molar-refractivity contribution is 9.10. The zero-order chi connectivity index (χ0) is 14.3. The van der Waals surface area contributed by atoms with Crippen LogP contribution in [0.15, 0.2) is 47.2 Å². The van der Waals surface area contributed by atoms with E-state index in [0.29, 0.717) is 16.9 Å². The van der Waals surface area contributed by atoms with Crippen molar-refractivity contribution in [2.75, 3.05) is 0 Å². The molecule has 0 unspecified atom stereocenters. The first-order chi connectivity index (χ1) is 9.54. The molecule has 2 aromatic heterocycles. The molecule has 1 aromatic carbocycles. The number of imidazole rings is 1. The van der Waals surface area contributed by atoms with Gasteiger partial charge < -0.3 is 9.51 Å². The van der Waals surface area contributed by atoms with Crippen LogP contribution in [-0.2, 0) is 0 Å². The van der Waals surface area contributed by atoms with E-state index in [1.54, 1.807) is 28.8 Å². The standard InChI is InChI=1S/C14H8BrFN2O2/c15-9-2-3-11(16)10(5-9)12-7-18-6-8(14(19)20)1-4-13(18)17-12/h1-7H,(H,19,20). The summed E-state index contributed by atoms with van der Waals surface area (Å²) in [4.78, 5) is 15.2. The maximum atomic E-state index is 13.8. The molecule has 0 saturated carbocycles. The Balaban J connectivity index is 2.17. The Morgan fingerprint density at radius 2 is 2.05 bits per heavy atom. The molecule has 2 heterocycles. The number of pyridine rings is 1. The number of hydrogen-bond acceptors (Lipinski definition) is 2. The van der Waals surface area contributed by atoms with Crippen LogP contribution >= 0.6 is 15.9 Å². The summed E-state index contributed by atoms with van der Waals surface area (Å²) in [5.74, 6) is -1.40. The van der Waals surface area contributed by atoms with Gasteiger partial charge in [-0.1, -0.05) is 15.9 Å². The third-order valence-corrected chi connectivity index (χ3v) is 3.40. The van der Waals surface area contributed by atoms with Crippen molar-refractivity contribution in [3.63, 3.8) is 0 Å². The van der Waals surface area contributed by atoms with Gasteiger partial charge in [0.25, 0.3) is 0 Å². The molecule has 0 bridgehead atoms. The molecule has 1 N–H and O–H groups in total. The predicted octanol–water partition coefficient (Wildman–Crippen LogP) is 3.60. The van der Waals surface area contributed by atoms with Crippen LogP contribution in [0.2, 0.25) is 0 Å². The quantitative estimate of drug-likeness (QED) is 0.779. The van der Waals surface area contributed by atoms with Gasteiger partial charge in [0.05, 0.1) is 11.3 Å². The number of benzene rings is 1. The smallest absolute Gasteiger partial charge is 0.337 e. The van der Waals surface area contributed by atoms with Crippen molar-refractivity contribution >= 4 is 27.5 Å². The molecule has 3 aromatic rings. The summed E-state index contributed by atoms with van der Waals surface area (Å²) in [5, 5.41) is 8.95. The Morgan fingerprint density at radius 3 is 2.80 bits per heavy atom. The van der Waals surface area contributed by atoms with Crippen molar-refractivity contribution in [2.45, 2.75) is 0 Å². The molecule has 0 spiro atoms. The third kappa shape index (κ3) is 2.18. The molecular formula is C14H8BrFN2O2. The van der Waals surface area contributed by atoms with Crippen LogP contribution in [0.5, 0.6) is 0 Å². The number of rotatable bonds is 2. The van der Waals surface area contributed by atoms with E-state index in [-0.39, 0.29) is 11.4 Å². The Labute approximate surface area is 121 Å². The van der Waals surface area contributed by atoms with Gasteiger partial charge in [0.15, 0.2) is 0 Å². The van der Waals surface area contributed by atoms with Gasteiger partial charge in [0.1, 0.15) is 11.5 Å². The van der Waals surface area contributed by atoms with Crippen LogP contribution in [0.25, 0.3) is 16.9 Å². The van der Waals surface area contributed by atoms with E-state index in [2.05, 4.69) is 20.9 Å². The first-order valence-electron chi connectivity index (χ1n) is 5.72. The molecular weight excluding hydrogens is 327 g/mol. The van der Waals surface area contributed by atoms with Gasteiger partial charge in [-0.05, 0) is 30.3 Å². The Bertz CT molecular complexity index is 829.